The Labute approximate surface area is 155 Å². The third-order valence-corrected chi connectivity index (χ3v) is 5.50. The third kappa shape index (κ3) is 3.58. The molecule has 0 spiro atoms. The first-order chi connectivity index (χ1) is 12.7. The summed E-state index contributed by atoms with van der Waals surface area (Å²) in [5.41, 5.74) is 4.83. The van der Waals surface area contributed by atoms with Gasteiger partial charge in [0, 0.05) is 12.1 Å². The van der Waals surface area contributed by atoms with Crippen LogP contribution in [0.25, 0.3) is 11.5 Å². The van der Waals surface area contributed by atoms with E-state index in [9.17, 15) is 0 Å². The van der Waals surface area contributed by atoms with Gasteiger partial charge in [0.05, 0.1) is 5.69 Å². The minimum Gasteiger partial charge on any atom is -0.441 e. The highest BCUT2D eigenvalue weighted by Crippen LogP contribution is 2.30. The van der Waals surface area contributed by atoms with Crippen molar-refractivity contribution >= 4 is 0 Å². The summed E-state index contributed by atoms with van der Waals surface area (Å²) in [6.07, 6.45) is 2.43. The van der Waals surface area contributed by atoms with Crippen molar-refractivity contribution < 1.29 is 4.42 Å². The molecule has 1 aliphatic heterocycles. The number of benzene rings is 2. The quantitative estimate of drug-likeness (QED) is 0.639. The minimum absolute atomic E-state index is 0.688. The van der Waals surface area contributed by atoms with Gasteiger partial charge in [0.25, 0.3) is 0 Å². The Morgan fingerprint density at radius 1 is 0.962 bits per heavy atom. The summed E-state index contributed by atoms with van der Waals surface area (Å²) in [4.78, 5) is 7.31. The number of hydrogen-bond acceptors (Lipinski definition) is 3. The van der Waals surface area contributed by atoms with Crippen molar-refractivity contribution in [2.75, 3.05) is 13.1 Å². The zero-order valence-corrected chi connectivity index (χ0v) is 15.6. The van der Waals surface area contributed by atoms with Crippen LogP contribution in [0.5, 0.6) is 0 Å². The van der Waals surface area contributed by atoms with Crippen LogP contribution in [0.1, 0.15) is 41.3 Å². The van der Waals surface area contributed by atoms with Crippen LogP contribution in [-0.4, -0.2) is 23.0 Å². The molecule has 3 aromatic rings. The molecule has 3 heteroatoms. The molecule has 0 N–H and O–H groups in total. The number of hydrogen-bond donors (Lipinski definition) is 0. The Hall–Kier alpha value is -2.39. The predicted octanol–water partition coefficient (Wildman–Crippen LogP) is 5.34. The summed E-state index contributed by atoms with van der Waals surface area (Å²) < 4.78 is 5.98. The predicted molar refractivity (Wildman–Crippen MR) is 105 cm³/mol. The number of piperidine rings is 1. The Bertz CT molecular complexity index is 861. The molecule has 0 unspecified atom stereocenters. The lowest BCUT2D eigenvalue weighted by Gasteiger charge is -2.31. The van der Waals surface area contributed by atoms with Gasteiger partial charge in [-0.2, -0.15) is 0 Å². The van der Waals surface area contributed by atoms with E-state index in [2.05, 4.69) is 54.3 Å². The molecule has 1 aliphatic rings. The van der Waals surface area contributed by atoms with E-state index in [0.29, 0.717) is 5.92 Å². The molecule has 2 heterocycles. The fourth-order valence-electron chi connectivity index (χ4n) is 3.86. The molecule has 2 aromatic carbocycles. The van der Waals surface area contributed by atoms with Gasteiger partial charge < -0.3 is 4.42 Å². The largest absolute Gasteiger partial charge is 0.441 e. The van der Waals surface area contributed by atoms with E-state index in [1.54, 1.807) is 0 Å². The molecule has 1 fully saturated rings. The van der Waals surface area contributed by atoms with E-state index in [-0.39, 0.29) is 0 Å². The number of aromatic nitrogens is 1. The molecule has 3 nitrogen and oxygen atoms in total. The first kappa shape index (κ1) is 17.0. The van der Waals surface area contributed by atoms with Gasteiger partial charge in [0.1, 0.15) is 5.76 Å². The van der Waals surface area contributed by atoms with E-state index in [1.165, 1.54) is 24.0 Å². The standard InChI is InChI=1S/C23H26N2O/c1-17-8-6-7-11-21(17)23-24-22(18(2)26-23)16-25-14-12-20(13-15-25)19-9-4-3-5-10-19/h3-11,20H,12-16H2,1-2H3. The smallest absolute Gasteiger partial charge is 0.226 e. The molecule has 0 aliphatic carbocycles. The molecular formula is C23H26N2O. The summed E-state index contributed by atoms with van der Waals surface area (Å²) in [6.45, 7) is 7.24. The molecule has 0 atom stereocenters. The van der Waals surface area contributed by atoms with E-state index in [1.807, 2.05) is 19.1 Å². The first-order valence-electron chi connectivity index (χ1n) is 9.50. The van der Waals surface area contributed by atoms with Crippen LogP contribution >= 0.6 is 0 Å². The van der Waals surface area contributed by atoms with Crippen LogP contribution < -0.4 is 0 Å². The molecule has 26 heavy (non-hydrogen) atoms. The van der Waals surface area contributed by atoms with Crippen molar-refractivity contribution in [3.05, 3.63) is 77.2 Å². The SMILES string of the molecule is Cc1ccccc1-c1nc(CN2CCC(c3ccccc3)CC2)c(C)o1. The van der Waals surface area contributed by atoms with Gasteiger partial charge in [-0.1, -0.05) is 48.5 Å². The molecule has 134 valence electrons. The van der Waals surface area contributed by atoms with Crippen LogP contribution in [0, 0.1) is 13.8 Å². The average Bonchev–Trinajstić information content (AvgIpc) is 3.04. The summed E-state index contributed by atoms with van der Waals surface area (Å²) in [5, 5.41) is 0. The van der Waals surface area contributed by atoms with Crippen LogP contribution in [0.15, 0.2) is 59.0 Å². The second kappa shape index (κ2) is 7.46. The summed E-state index contributed by atoms with van der Waals surface area (Å²) >= 11 is 0. The molecular weight excluding hydrogens is 320 g/mol. The van der Waals surface area contributed by atoms with E-state index < -0.39 is 0 Å². The summed E-state index contributed by atoms with van der Waals surface area (Å²) in [7, 11) is 0. The monoisotopic (exact) mass is 346 g/mol. The molecule has 0 amide bonds. The highest BCUT2D eigenvalue weighted by atomic mass is 16.4. The van der Waals surface area contributed by atoms with Crippen LogP contribution in [0.2, 0.25) is 0 Å². The van der Waals surface area contributed by atoms with Gasteiger partial charge in [0.15, 0.2) is 0 Å². The molecule has 0 bridgehead atoms. The normalized spacial score (nSPS) is 16.1. The summed E-state index contributed by atoms with van der Waals surface area (Å²) in [6, 6.07) is 19.2. The number of likely N-dealkylation sites (tertiary alicyclic amines) is 1. The maximum absolute atomic E-state index is 5.98. The lowest BCUT2D eigenvalue weighted by Crippen LogP contribution is -2.32. The fraction of sp³-hybridized carbons (Fsp3) is 0.348. The zero-order chi connectivity index (χ0) is 17.9. The second-order valence-electron chi connectivity index (χ2n) is 7.30. The van der Waals surface area contributed by atoms with E-state index >= 15 is 0 Å². The Kier molecular flexibility index (Phi) is 4.89. The first-order valence-corrected chi connectivity index (χ1v) is 9.50. The number of nitrogens with zero attached hydrogens (tertiary/aromatic N) is 2. The molecule has 1 saturated heterocycles. The van der Waals surface area contributed by atoms with Gasteiger partial charge >= 0.3 is 0 Å². The van der Waals surface area contributed by atoms with Crippen molar-refractivity contribution in [2.24, 2.45) is 0 Å². The van der Waals surface area contributed by atoms with Crippen molar-refractivity contribution in [1.29, 1.82) is 0 Å². The third-order valence-electron chi connectivity index (χ3n) is 5.50. The van der Waals surface area contributed by atoms with Gasteiger partial charge in [-0.3, -0.25) is 4.90 Å². The average molecular weight is 346 g/mol. The van der Waals surface area contributed by atoms with E-state index in [4.69, 9.17) is 9.40 Å². The topological polar surface area (TPSA) is 29.3 Å². The van der Waals surface area contributed by atoms with Crippen molar-refractivity contribution in [2.45, 2.75) is 39.2 Å². The molecule has 0 radical (unpaired) electrons. The van der Waals surface area contributed by atoms with E-state index in [0.717, 1.165) is 42.5 Å². The molecule has 1 aromatic heterocycles. The van der Waals surface area contributed by atoms with Crippen LogP contribution in [-0.2, 0) is 6.54 Å². The Morgan fingerprint density at radius 3 is 2.38 bits per heavy atom. The van der Waals surface area contributed by atoms with Gasteiger partial charge in [0.2, 0.25) is 5.89 Å². The zero-order valence-electron chi connectivity index (χ0n) is 15.6. The number of oxazole rings is 1. The van der Waals surface area contributed by atoms with Gasteiger partial charge in [-0.25, -0.2) is 4.98 Å². The highest BCUT2D eigenvalue weighted by molar-refractivity contribution is 5.58. The number of rotatable bonds is 4. The lowest BCUT2D eigenvalue weighted by molar-refractivity contribution is 0.202. The molecule has 0 saturated carbocycles. The Balaban J connectivity index is 1.42. The van der Waals surface area contributed by atoms with Crippen molar-refractivity contribution in [3.63, 3.8) is 0 Å². The maximum Gasteiger partial charge on any atom is 0.226 e. The lowest BCUT2D eigenvalue weighted by atomic mass is 9.89. The van der Waals surface area contributed by atoms with Crippen molar-refractivity contribution in [3.8, 4) is 11.5 Å². The van der Waals surface area contributed by atoms with Gasteiger partial charge in [-0.15, -0.1) is 0 Å². The molecule has 4 rings (SSSR count). The fourth-order valence-corrected chi connectivity index (χ4v) is 3.86. The Morgan fingerprint density at radius 2 is 1.65 bits per heavy atom. The second-order valence-corrected chi connectivity index (χ2v) is 7.30. The highest BCUT2D eigenvalue weighted by Gasteiger charge is 2.22. The number of aryl methyl sites for hydroxylation is 2. The van der Waals surface area contributed by atoms with Crippen molar-refractivity contribution in [1.82, 2.24) is 9.88 Å². The summed E-state index contributed by atoms with van der Waals surface area (Å²) in [5.74, 6) is 2.37. The van der Waals surface area contributed by atoms with Crippen LogP contribution in [0.3, 0.4) is 0 Å². The minimum atomic E-state index is 0.688. The maximum atomic E-state index is 5.98. The van der Waals surface area contributed by atoms with Crippen LogP contribution in [0.4, 0.5) is 0 Å². The van der Waals surface area contributed by atoms with Gasteiger partial charge in [-0.05, 0) is 62.9 Å².